The molecule has 0 saturated carbocycles. The van der Waals surface area contributed by atoms with Crippen LogP contribution in [0.25, 0.3) is 11.1 Å². The van der Waals surface area contributed by atoms with Gasteiger partial charge in [-0.1, -0.05) is 35.6 Å². The van der Waals surface area contributed by atoms with Gasteiger partial charge in [-0.2, -0.15) is 20.7 Å². The van der Waals surface area contributed by atoms with Crippen LogP contribution in [-0.2, 0) is 4.79 Å². The average Bonchev–Trinajstić information content (AvgIpc) is 3.13. The predicted octanol–water partition coefficient (Wildman–Crippen LogP) is 4.93. The number of hydrogen-bond acceptors (Lipinski definition) is 8. The van der Waals surface area contributed by atoms with E-state index in [1.54, 1.807) is 49.4 Å². The molecule has 11 nitrogen and oxygen atoms in total. The van der Waals surface area contributed by atoms with Crippen molar-refractivity contribution in [1.82, 2.24) is 5.43 Å². The van der Waals surface area contributed by atoms with Crippen LogP contribution in [0.5, 0.6) is 5.75 Å². The van der Waals surface area contributed by atoms with Crippen molar-refractivity contribution in [3.63, 3.8) is 0 Å². The summed E-state index contributed by atoms with van der Waals surface area (Å²) in [4.78, 5) is 24.6. The van der Waals surface area contributed by atoms with Crippen molar-refractivity contribution < 1.29 is 14.7 Å². The first-order valence-corrected chi connectivity index (χ1v) is 11.0. The normalized spacial score (nSPS) is 14.0. The molecule has 0 aromatic heterocycles. The summed E-state index contributed by atoms with van der Waals surface area (Å²) in [6, 6.07) is 16.8. The highest BCUT2D eigenvalue weighted by Crippen LogP contribution is 2.36. The van der Waals surface area contributed by atoms with E-state index < -0.39 is 6.03 Å². The summed E-state index contributed by atoms with van der Waals surface area (Å²) in [5.41, 5.74) is 16.7. The number of urea groups is 1. The van der Waals surface area contributed by atoms with E-state index in [4.69, 9.17) is 5.53 Å². The number of anilines is 3. The van der Waals surface area contributed by atoms with Crippen LogP contribution < -0.4 is 21.2 Å². The molecule has 3 amide bonds. The summed E-state index contributed by atoms with van der Waals surface area (Å²) in [6.45, 7) is 5.66. The number of nitrogens with zero attached hydrogens (tertiary/aromatic N) is 4. The molecule has 182 valence electrons. The summed E-state index contributed by atoms with van der Waals surface area (Å²) >= 11 is 0. The number of phenolic OH excluding ortho intramolecular Hbond substituents is 1. The minimum atomic E-state index is -0.661. The van der Waals surface area contributed by atoms with Gasteiger partial charge >= 0.3 is 11.9 Å². The summed E-state index contributed by atoms with van der Waals surface area (Å²) in [5, 5.41) is 26.2. The molecule has 0 atom stereocenters. The number of amides is 3. The number of carbonyl (C=O) groups excluding carboxylic acids is 2. The highest BCUT2D eigenvalue weighted by molar-refractivity contribution is 6.71. The monoisotopic (exact) mass is 484 g/mol. The SMILES string of the molecule is CC1=NN(c2ccc(C)c(C)c2)C(=O)/C1=N\Nc1cccc(-c2cccc(NC(=O)NN=N)c2)c1O. The molecule has 0 spiro atoms. The van der Waals surface area contributed by atoms with Gasteiger partial charge in [0.25, 0.3) is 0 Å². The van der Waals surface area contributed by atoms with Gasteiger partial charge in [0.15, 0.2) is 5.71 Å². The molecule has 36 heavy (non-hydrogen) atoms. The molecule has 0 aliphatic carbocycles. The van der Waals surface area contributed by atoms with Gasteiger partial charge in [0, 0.05) is 11.3 Å². The third-order valence-corrected chi connectivity index (χ3v) is 5.64. The summed E-state index contributed by atoms with van der Waals surface area (Å²) in [6.07, 6.45) is 0. The lowest BCUT2D eigenvalue weighted by molar-refractivity contribution is -0.112. The first kappa shape index (κ1) is 24.1. The van der Waals surface area contributed by atoms with Crippen LogP contribution in [0.4, 0.5) is 21.9 Å². The standard InChI is InChI=1S/C25H24N8O3/c1-14-10-11-19(12-15(14)2)33-24(35)22(16(3)31-33)29-28-21-9-5-8-20(23(21)34)17-6-4-7-18(13-17)27-25(36)30-32-26/h4-13,28,34H,1-3H3,(H3,26,27,30,36)/b29-22-. The Bertz CT molecular complexity index is 1430. The lowest BCUT2D eigenvalue weighted by Gasteiger charge is -2.13. The maximum Gasteiger partial charge on any atom is 0.340 e. The second-order valence-electron chi connectivity index (χ2n) is 8.10. The summed E-state index contributed by atoms with van der Waals surface area (Å²) < 4.78 is 0. The molecule has 4 rings (SSSR count). The van der Waals surface area contributed by atoms with Crippen molar-refractivity contribution in [2.24, 2.45) is 15.4 Å². The third-order valence-electron chi connectivity index (χ3n) is 5.64. The summed E-state index contributed by atoms with van der Waals surface area (Å²) in [5.74, 6) is -0.467. The molecule has 3 aromatic rings. The molecular weight excluding hydrogens is 460 g/mol. The molecule has 5 N–H and O–H groups in total. The number of hydrogen-bond donors (Lipinski definition) is 5. The Kier molecular flexibility index (Phi) is 6.72. The molecule has 3 aromatic carbocycles. The molecule has 0 saturated heterocycles. The fourth-order valence-corrected chi connectivity index (χ4v) is 3.62. The van der Waals surface area contributed by atoms with Crippen LogP contribution >= 0.6 is 0 Å². The number of aromatic hydroxyl groups is 1. The molecule has 0 bridgehead atoms. The fourth-order valence-electron chi connectivity index (χ4n) is 3.62. The Balaban J connectivity index is 1.56. The zero-order chi connectivity index (χ0) is 25.8. The number of aryl methyl sites for hydroxylation is 2. The molecule has 0 fully saturated rings. The zero-order valence-electron chi connectivity index (χ0n) is 19.8. The van der Waals surface area contributed by atoms with Gasteiger partial charge in [-0.05, 0) is 67.8 Å². The van der Waals surface area contributed by atoms with Crippen molar-refractivity contribution in [2.75, 3.05) is 15.8 Å². The second-order valence-corrected chi connectivity index (χ2v) is 8.10. The molecule has 1 heterocycles. The average molecular weight is 485 g/mol. The first-order chi connectivity index (χ1) is 17.3. The molecule has 0 unspecified atom stereocenters. The van der Waals surface area contributed by atoms with Crippen molar-refractivity contribution in [1.29, 1.82) is 5.53 Å². The van der Waals surface area contributed by atoms with E-state index in [0.717, 1.165) is 11.1 Å². The number of para-hydroxylation sites is 1. The number of benzene rings is 3. The topological polar surface area (TPSA) is 155 Å². The van der Waals surface area contributed by atoms with Crippen molar-refractivity contribution >= 4 is 40.4 Å². The van der Waals surface area contributed by atoms with Gasteiger partial charge in [0.1, 0.15) is 5.75 Å². The maximum atomic E-state index is 13.0. The smallest absolute Gasteiger partial charge is 0.340 e. The Morgan fingerprint density at radius 3 is 2.56 bits per heavy atom. The maximum absolute atomic E-state index is 13.0. The van der Waals surface area contributed by atoms with Gasteiger partial charge in [-0.25, -0.2) is 10.2 Å². The van der Waals surface area contributed by atoms with E-state index in [9.17, 15) is 14.7 Å². The largest absolute Gasteiger partial charge is 0.505 e. The number of hydrazone groups is 2. The molecular formula is C25H24N8O3. The van der Waals surface area contributed by atoms with Crippen LogP contribution in [-0.4, -0.2) is 28.5 Å². The van der Waals surface area contributed by atoms with Crippen LogP contribution in [0.3, 0.4) is 0 Å². The van der Waals surface area contributed by atoms with Gasteiger partial charge in [-0.3, -0.25) is 10.2 Å². The first-order valence-electron chi connectivity index (χ1n) is 11.0. The van der Waals surface area contributed by atoms with Crippen LogP contribution in [0, 0.1) is 19.4 Å². The molecule has 1 aliphatic rings. The van der Waals surface area contributed by atoms with Crippen molar-refractivity contribution in [3.05, 3.63) is 71.8 Å². The Labute approximate surface area is 207 Å². The Morgan fingerprint density at radius 2 is 1.81 bits per heavy atom. The number of nitrogens with one attached hydrogen (secondary N) is 4. The van der Waals surface area contributed by atoms with E-state index in [0.29, 0.717) is 28.2 Å². The van der Waals surface area contributed by atoms with Gasteiger partial charge in [0.05, 0.1) is 17.1 Å². The quantitative estimate of drug-likeness (QED) is 0.191. The van der Waals surface area contributed by atoms with E-state index in [1.165, 1.54) is 5.01 Å². The van der Waals surface area contributed by atoms with E-state index in [1.807, 2.05) is 37.5 Å². The van der Waals surface area contributed by atoms with Crippen molar-refractivity contribution in [3.8, 4) is 16.9 Å². The van der Waals surface area contributed by atoms with Gasteiger partial charge in [-0.15, -0.1) is 0 Å². The highest BCUT2D eigenvalue weighted by atomic mass is 16.3. The van der Waals surface area contributed by atoms with Crippen molar-refractivity contribution in [2.45, 2.75) is 20.8 Å². The molecule has 0 radical (unpaired) electrons. The third kappa shape index (κ3) is 4.89. The van der Waals surface area contributed by atoms with E-state index in [2.05, 4.69) is 26.2 Å². The number of phenols is 1. The van der Waals surface area contributed by atoms with Crippen LogP contribution in [0.2, 0.25) is 0 Å². The van der Waals surface area contributed by atoms with Gasteiger partial charge < -0.3 is 10.4 Å². The molecule has 1 aliphatic heterocycles. The lowest BCUT2D eigenvalue weighted by Crippen LogP contribution is -2.28. The van der Waals surface area contributed by atoms with E-state index >= 15 is 0 Å². The Morgan fingerprint density at radius 1 is 1.03 bits per heavy atom. The predicted molar refractivity (Wildman–Crippen MR) is 138 cm³/mol. The number of rotatable bonds is 6. The summed E-state index contributed by atoms with van der Waals surface area (Å²) in [7, 11) is 0. The Hall–Kier alpha value is -5.06. The highest BCUT2D eigenvalue weighted by Gasteiger charge is 2.31. The fraction of sp³-hybridized carbons (Fsp3) is 0.120. The van der Waals surface area contributed by atoms with Crippen LogP contribution in [0.15, 0.2) is 76.1 Å². The second kappa shape index (κ2) is 10.1. The zero-order valence-corrected chi connectivity index (χ0v) is 19.8. The minimum Gasteiger partial charge on any atom is -0.505 e. The van der Waals surface area contributed by atoms with E-state index in [-0.39, 0.29) is 23.1 Å². The van der Waals surface area contributed by atoms with Gasteiger partial charge in [0.2, 0.25) is 0 Å². The van der Waals surface area contributed by atoms with Crippen LogP contribution in [0.1, 0.15) is 18.1 Å². The molecule has 11 heteroatoms. The lowest BCUT2D eigenvalue weighted by atomic mass is 10.0. The minimum absolute atomic E-state index is 0.0873. The number of carbonyl (C=O) groups is 2.